The second kappa shape index (κ2) is 9.14. The average Bonchev–Trinajstić information content (AvgIpc) is 3.12. The van der Waals surface area contributed by atoms with Crippen molar-refractivity contribution in [2.45, 2.75) is 52.0 Å². The van der Waals surface area contributed by atoms with Gasteiger partial charge < -0.3 is 14.5 Å². The zero-order valence-electron chi connectivity index (χ0n) is 17.5. The first-order valence-corrected chi connectivity index (χ1v) is 11.3. The van der Waals surface area contributed by atoms with Gasteiger partial charge >= 0.3 is 0 Å². The van der Waals surface area contributed by atoms with E-state index in [1.54, 1.807) is 29.2 Å². The van der Waals surface area contributed by atoms with Crippen molar-refractivity contribution in [1.82, 2.24) is 14.5 Å². The van der Waals surface area contributed by atoms with Gasteiger partial charge in [-0.2, -0.15) is 0 Å². The first-order valence-electron chi connectivity index (χ1n) is 10.5. The Balaban J connectivity index is 1.76. The van der Waals surface area contributed by atoms with Gasteiger partial charge in [0.15, 0.2) is 5.75 Å². The highest BCUT2D eigenvalue weighted by molar-refractivity contribution is 7.18. The van der Waals surface area contributed by atoms with Crippen LogP contribution in [0.1, 0.15) is 48.1 Å². The quantitative estimate of drug-likeness (QED) is 0.595. The van der Waals surface area contributed by atoms with Crippen molar-refractivity contribution in [1.29, 1.82) is 0 Å². The topological polar surface area (TPSA) is 86.2 Å². The fraction of sp³-hybridized carbons (Fsp3) is 0.500. The Labute approximate surface area is 178 Å². The van der Waals surface area contributed by atoms with E-state index < -0.39 is 0 Å². The van der Waals surface area contributed by atoms with Gasteiger partial charge in [0.05, 0.1) is 25.1 Å². The monoisotopic (exact) mass is 429 g/mol. The molecular weight excluding hydrogens is 402 g/mol. The number of pyridine rings is 1. The van der Waals surface area contributed by atoms with Gasteiger partial charge in [-0.1, -0.05) is 6.92 Å². The van der Waals surface area contributed by atoms with E-state index in [4.69, 9.17) is 14.5 Å². The molecule has 4 rings (SSSR count). The number of rotatable bonds is 8. The highest BCUT2D eigenvalue weighted by Gasteiger charge is 2.22. The summed E-state index contributed by atoms with van der Waals surface area (Å²) in [5.41, 5.74) is 1.60. The van der Waals surface area contributed by atoms with Crippen LogP contribution in [-0.4, -0.2) is 34.9 Å². The van der Waals surface area contributed by atoms with E-state index in [1.165, 1.54) is 16.5 Å². The third kappa shape index (κ3) is 4.06. The molecule has 1 N–H and O–H groups in total. The molecule has 1 aliphatic carbocycles. The standard InChI is InChI=1S/C22H27N3O4S/c1-3-9-29-17-12-23-14(11-16(17)26)13-25-19(8-10-28-2)24-21-20(22(25)27)15-6-4-5-7-18(15)30-21/h11-12H,3-10,13H2,1-2H3,(H,23,26). The van der Waals surface area contributed by atoms with E-state index in [-0.39, 0.29) is 17.5 Å². The maximum Gasteiger partial charge on any atom is 0.262 e. The average molecular weight is 430 g/mol. The van der Waals surface area contributed by atoms with Gasteiger partial charge in [0.25, 0.3) is 5.56 Å². The lowest BCUT2D eigenvalue weighted by atomic mass is 9.97. The first-order chi connectivity index (χ1) is 14.6. The normalized spacial score (nSPS) is 13.5. The minimum Gasteiger partial charge on any atom is -0.488 e. The van der Waals surface area contributed by atoms with Gasteiger partial charge in [-0.25, -0.2) is 4.98 Å². The van der Waals surface area contributed by atoms with Crippen molar-refractivity contribution in [3.63, 3.8) is 0 Å². The number of fused-ring (bicyclic) bond motifs is 3. The number of nitrogens with one attached hydrogen (secondary N) is 1. The van der Waals surface area contributed by atoms with Crippen LogP contribution in [0.5, 0.6) is 5.75 Å². The Hall–Kier alpha value is -2.45. The number of H-pyrrole nitrogens is 1. The highest BCUT2D eigenvalue weighted by Crippen LogP contribution is 2.33. The largest absolute Gasteiger partial charge is 0.488 e. The molecule has 1 aliphatic rings. The molecule has 0 radical (unpaired) electrons. The third-order valence-electron chi connectivity index (χ3n) is 5.41. The highest BCUT2D eigenvalue weighted by atomic mass is 32.1. The molecule has 8 heteroatoms. The molecule has 0 amide bonds. The summed E-state index contributed by atoms with van der Waals surface area (Å²) in [4.78, 5) is 36.0. The Morgan fingerprint density at radius 3 is 2.83 bits per heavy atom. The number of methoxy groups -OCH3 is 1. The zero-order chi connectivity index (χ0) is 21.1. The van der Waals surface area contributed by atoms with Gasteiger partial charge in [0.1, 0.15) is 10.7 Å². The van der Waals surface area contributed by atoms with Crippen molar-refractivity contribution in [2.24, 2.45) is 0 Å². The fourth-order valence-corrected chi connectivity index (χ4v) is 5.19. The van der Waals surface area contributed by atoms with E-state index in [9.17, 15) is 9.59 Å². The number of aromatic amines is 1. The minimum atomic E-state index is -0.189. The lowest BCUT2D eigenvalue weighted by molar-refractivity contribution is 0.199. The van der Waals surface area contributed by atoms with Crippen molar-refractivity contribution >= 4 is 21.6 Å². The second-order valence-electron chi connectivity index (χ2n) is 7.59. The van der Waals surface area contributed by atoms with Crippen molar-refractivity contribution in [3.05, 3.63) is 54.8 Å². The fourth-order valence-electron chi connectivity index (χ4n) is 3.91. The van der Waals surface area contributed by atoms with E-state index in [1.807, 2.05) is 6.92 Å². The predicted molar refractivity (Wildman–Crippen MR) is 118 cm³/mol. The maximum absolute atomic E-state index is 13.5. The molecule has 0 bridgehead atoms. The molecule has 7 nitrogen and oxygen atoms in total. The number of hydrogen-bond acceptors (Lipinski definition) is 6. The summed E-state index contributed by atoms with van der Waals surface area (Å²) < 4.78 is 12.4. The maximum atomic E-state index is 13.5. The van der Waals surface area contributed by atoms with Gasteiger partial charge in [0.2, 0.25) is 5.43 Å². The number of nitrogens with zero attached hydrogens (tertiary/aromatic N) is 2. The molecule has 0 spiro atoms. The van der Waals surface area contributed by atoms with Crippen LogP contribution in [0.4, 0.5) is 0 Å². The predicted octanol–water partition coefficient (Wildman–Crippen LogP) is 3.05. The number of hydrogen-bond donors (Lipinski definition) is 1. The van der Waals surface area contributed by atoms with Crippen LogP contribution in [0, 0.1) is 0 Å². The lowest BCUT2D eigenvalue weighted by Gasteiger charge is -2.14. The Kier molecular flexibility index (Phi) is 6.34. The van der Waals surface area contributed by atoms with Crippen LogP contribution < -0.4 is 15.7 Å². The van der Waals surface area contributed by atoms with E-state index in [0.29, 0.717) is 36.9 Å². The zero-order valence-corrected chi connectivity index (χ0v) is 18.3. The Morgan fingerprint density at radius 2 is 2.07 bits per heavy atom. The molecule has 3 aromatic rings. The van der Waals surface area contributed by atoms with Crippen molar-refractivity contribution in [2.75, 3.05) is 20.3 Å². The minimum absolute atomic E-state index is 0.0299. The van der Waals surface area contributed by atoms with E-state index >= 15 is 0 Å². The summed E-state index contributed by atoms with van der Waals surface area (Å²) in [5, 5.41) is 0.751. The first kappa shape index (κ1) is 20.8. The number of thiophene rings is 1. The second-order valence-corrected chi connectivity index (χ2v) is 8.67. The molecule has 0 aromatic carbocycles. The Morgan fingerprint density at radius 1 is 1.23 bits per heavy atom. The van der Waals surface area contributed by atoms with Gasteiger partial charge in [0, 0.05) is 36.4 Å². The van der Waals surface area contributed by atoms with Crippen LogP contribution in [0.25, 0.3) is 10.2 Å². The molecule has 160 valence electrons. The van der Waals surface area contributed by atoms with Crippen LogP contribution >= 0.6 is 11.3 Å². The molecule has 0 saturated heterocycles. The number of ether oxygens (including phenoxy) is 2. The lowest BCUT2D eigenvalue weighted by Crippen LogP contribution is -2.27. The molecular formula is C22H27N3O4S. The summed E-state index contributed by atoms with van der Waals surface area (Å²) in [6.07, 6.45) is 7.17. The van der Waals surface area contributed by atoms with Crippen LogP contribution in [0.3, 0.4) is 0 Å². The summed E-state index contributed by atoms with van der Waals surface area (Å²) in [7, 11) is 1.64. The molecule has 3 aromatic heterocycles. The molecule has 0 aliphatic heterocycles. The summed E-state index contributed by atoms with van der Waals surface area (Å²) in [6.45, 7) is 3.22. The summed E-state index contributed by atoms with van der Waals surface area (Å²) in [6, 6.07) is 1.50. The van der Waals surface area contributed by atoms with E-state index in [2.05, 4.69) is 4.98 Å². The van der Waals surface area contributed by atoms with Crippen LogP contribution in [-0.2, 0) is 30.5 Å². The van der Waals surface area contributed by atoms with Crippen LogP contribution in [0.2, 0.25) is 0 Å². The molecule has 0 unspecified atom stereocenters. The molecule has 0 atom stereocenters. The Bertz CT molecular complexity index is 1160. The summed E-state index contributed by atoms with van der Waals surface area (Å²) >= 11 is 1.65. The van der Waals surface area contributed by atoms with Crippen molar-refractivity contribution < 1.29 is 9.47 Å². The number of aromatic nitrogens is 3. The molecule has 0 fully saturated rings. The molecule has 3 heterocycles. The van der Waals surface area contributed by atoms with Gasteiger partial charge in [-0.05, 0) is 37.7 Å². The summed E-state index contributed by atoms with van der Waals surface area (Å²) in [5.74, 6) is 0.980. The SMILES string of the molecule is CCCOc1c[nH]c(Cn2c(CCOC)nc3sc4c(c3c2=O)CCCC4)cc1=O. The molecule has 30 heavy (non-hydrogen) atoms. The van der Waals surface area contributed by atoms with Gasteiger partial charge in [-0.3, -0.25) is 14.2 Å². The third-order valence-corrected chi connectivity index (χ3v) is 6.60. The number of aryl methyl sites for hydroxylation is 2. The van der Waals surface area contributed by atoms with E-state index in [0.717, 1.165) is 42.3 Å². The van der Waals surface area contributed by atoms with Crippen LogP contribution in [0.15, 0.2) is 21.9 Å². The molecule has 0 saturated carbocycles. The van der Waals surface area contributed by atoms with Crippen molar-refractivity contribution in [3.8, 4) is 5.75 Å². The van der Waals surface area contributed by atoms with Gasteiger partial charge in [-0.15, -0.1) is 11.3 Å². The smallest absolute Gasteiger partial charge is 0.262 e.